The molecule has 0 aliphatic heterocycles. The van der Waals surface area contributed by atoms with Crippen LogP contribution in [0.4, 0.5) is 0 Å². The highest BCUT2D eigenvalue weighted by Crippen LogP contribution is 2.25. The van der Waals surface area contributed by atoms with Gasteiger partial charge in [0.25, 0.3) is 5.56 Å². The predicted molar refractivity (Wildman–Crippen MR) is 131 cm³/mol. The molecule has 2 heterocycles. The average Bonchev–Trinajstić information content (AvgIpc) is 3.22. The highest BCUT2D eigenvalue weighted by atomic mass is 16.1. The molecular formula is C27H24N4O. The molecule has 0 aliphatic rings. The van der Waals surface area contributed by atoms with E-state index in [-0.39, 0.29) is 5.56 Å². The van der Waals surface area contributed by atoms with Crippen molar-refractivity contribution in [1.82, 2.24) is 14.2 Å². The predicted octanol–water partition coefficient (Wildman–Crippen LogP) is 5.87. The standard InChI is InChI=1S/C27H24N4O/c1-3-19(2)30-18-21(22-13-8-10-16-25(22)30)17-28-31-26(20-11-5-4-6-12-20)29-24-15-9-7-14-23(24)27(31)32/h4-19H,3H2,1-2H3/t19-/m0/s1. The van der Waals surface area contributed by atoms with Crippen LogP contribution in [0.25, 0.3) is 33.2 Å². The minimum atomic E-state index is -0.184. The number of nitrogens with zero attached hydrogens (tertiary/aromatic N) is 4. The Labute approximate surface area is 186 Å². The second-order valence-electron chi connectivity index (χ2n) is 7.95. The third-order valence-electron chi connectivity index (χ3n) is 5.94. The van der Waals surface area contributed by atoms with Gasteiger partial charge in [0.1, 0.15) is 0 Å². The first-order chi connectivity index (χ1) is 15.7. The topological polar surface area (TPSA) is 52.2 Å². The van der Waals surface area contributed by atoms with E-state index in [2.05, 4.69) is 41.8 Å². The molecule has 0 bridgehead atoms. The lowest BCUT2D eigenvalue weighted by molar-refractivity contribution is 0.548. The fourth-order valence-corrected chi connectivity index (χ4v) is 4.02. The van der Waals surface area contributed by atoms with E-state index in [1.54, 1.807) is 12.3 Å². The first-order valence-electron chi connectivity index (χ1n) is 10.9. The third kappa shape index (κ3) is 3.42. The average molecular weight is 421 g/mol. The highest BCUT2D eigenvalue weighted by molar-refractivity contribution is 5.99. The molecule has 0 saturated heterocycles. The second kappa shape index (κ2) is 8.27. The van der Waals surface area contributed by atoms with Gasteiger partial charge in [-0.2, -0.15) is 9.78 Å². The maximum atomic E-state index is 13.4. The van der Waals surface area contributed by atoms with Gasteiger partial charge in [-0.05, 0) is 31.5 Å². The molecule has 0 aliphatic carbocycles. The number of hydrogen-bond acceptors (Lipinski definition) is 3. The Kier molecular flexibility index (Phi) is 5.15. The van der Waals surface area contributed by atoms with Crippen LogP contribution in [0.5, 0.6) is 0 Å². The van der Waals surface area contributed by atoms with Crippen molar-refractivity contribution in [1.29, 1.82) is 0 Å². The van der Waals surface area contributed by atoms with E-state index in [9.17, 15) is 4.79 Å². The number of aromatic nitrogens is 3. The summed E-state index contributed by atoms with van der Waals surface area (Å²) in [6, 6.07) is 25.7. The lowest BCUT2D eigenvalue weighted by Crippen LogP contribution is -2.20. The molecule has 5 rings (SSSR count). The number of fused-ring (bicyclic) bond motifs is 2. The van der Waals surface area contributed by atoms with Gasteiger partial charge in [-0.3, -0.25) is 4.79 Å². The SMILES string of the molecule is CC[C@H](C)n1cc(C=Nn2c(-c3ccccc3)nc3ccccc3c2=O)c2ccccc21. The van der Waals surface area contributed by atoms with E-state index in [4.69, 9.17) is 4.98 Å². The van der Waals surface area contributed by atoms with Crippen LogP contribution in [0, 0.1) is 0 Å². The van der Waals surface area contributed by atoms with E-state index in [1.807, 2.05) is 60.7 Å². The second-order valence-corrected chi connectivity index (χ2v) is 7.95. The molecule has 0 spiro atoms. The first kappa shape index (κ1) is 19.9. The van der Waals surface area contributed by atoms with E-state index in [0.717, 1.165) is 28.5 Å². The zero-order valence-corrected chi connectivity index (χ0v) is 18.1. The molecule has 0 radical (unpaired) electrons. The van der Waals surface area contributed by atoms with Crippen molar-refractivity contribution in [2.45, 2.75) is 26.3 Å². The number of benzene rings is 3. The first-order valence-corrected chi connectivity index (χ1v) is 10.9. The van der Waals surface area contributed by atoms with Gasteiger partial charge < -0.3 is 4.57 Å². The van der Waals surface area contributed by atoms with Crippen molar-refractivity contribution in [3.63, 3.8) is 0 Å². The van der Waals surface area contributed by atoms with Crippen molar-refractivity contribution in [2.24, 2.45) is 5.10 Å². The molecule has 1 atom stereocenters. The largest absolute Gasteiger partial charge is 0.344 e. The zero-order valence-electron chi connectivity index (χ0n) is 18.1. The van der Waals surface area contributed by atoms with Gasteiger partial charge >= 0.3 is 0 Å². The van der Waals surface area contributed by atoms with Crippen LogP contribution in [0.2, 0.25) is 0 Å². The number of para-hydroxylation sites is 2. The molecule has 5 heteroatoms. The lowest BCUT2D eigenvalue weighted by atomic mass is 10.2. The summed E-state index contributed by atoms with van der Waals surface area (Å²) in [6.07, 6.45) is 4.91. The minimum absolute atomic E-state index is 0.184. The number of hydrogen-bond donors (Lipinski definition) is 0. The molecule has 0 saturated carbocycles. The van der Waals surface area contributed by atoms with Crippen molar-refractivity contribution in [2.75, 3.05) is 0 Å². The Morgan fingerprint density at radius 1 is 0.938 bits per heavy atom. The molecule has 158 valence electrons. The van der Waals surface area contributed by atoms with E-state index in [1.165, 1.54) is 4.68 Å². The molecule has 2 aromatic heterocycles. The molecule has 5 nitrogen and oxygen atoms in total. The molecule has 0 N–H and O–H groups in total. The van der Waals surface area contributed by atoms with E-state index in [0.29, 0.717) is 22.8 Å². The minimum Gasteiger partial charge on any atom is -0.344 e. The summed E-state index contributed by atoms with van der Waals surface area (Å²) in [5, 5.41) is 6.31. The lowest BCUT2D eigenvalue weighted by Gasteiger charge is -2.12. The zero-order chi connectivity index (χ0) is 22.1. The van der Waals surface area contributed by atoms with Gasteiger partial charge in [-0.15, -0.1) is 0 Å². The van der Waals surface area contributed by atoms with Crippen LogP contribution < -0.4 is 5.56 Å². The summed E-state index contributed by atoms with van der Waals surface area (Å²) in [5.74, 6) is 0.524. The van der Waals surface area contributed by atoms with Gasteiger partial charge in [0.2, 0.25) is 0 Å². The third-order valence-corrected chi connectivity index (χ3v) is 5.94. The van der Waals surface area contributed by atoms with Gasteiger partial charge in [0.15, 0.2) is 5.82 Å². The van der Waals surface area contributed by atoms with Crippen LogP contribution in [-0.4, -0.2) is 20.4 Å². The van der Waals surface area contributed by atoms with Crippen LogP contribution >= 0.6 is 0 Å². The maximum Gasteiger partial charge on any atom is 0.282 e. The normalized spacial score (nSPS) is 12.7. The van der Waals surface area contributed by atoms with Gasteiger partial charge in [-0.1, -0.05) is 67.6 Å². The van der Waals surface area contributed by atoms with Crippen LogP contribution in [0.3, 0.4) is 0 Å². The Bertz CT molecular complexity index is 1500. The Balaban J connectivity index is 1.71. The molecule has 0 unspecified atom stereocenters. The monoisotopic (exact) mass is 420 g/mol. The Morgan fingerprint density at radius 3 is 2.41 bits per heavy atom. The summed E-state index contributed by atoms with van der Waals surface area (Å²) in [6.45, 7) is 4.39. The molecule has 3 aromatic carbocycles. The molecule has 0 amide bonds. The molecule has 0 fully saturated rings. The fraction of sp³-hybridized carbons (Fsp3) is 0.148. The molecular weight excluding hydrogens is 396 g/mol. The summed E-state index contributed by atoms with van der Waals surface area (Å²) in [5.41, 5.74) is 3.46. The van der Waals surface area contributed by atoms with Crippen LogP contribution in [0.1, 0.15) is 31.9 Å². The van der Waals surface area contributed by atoms with Crippen molar-refractivity contribution in [3.8, 4) is 11.4 Å². The Hall–Kier alpha value is -3.99. The summed E-state index contributed by atoms with van der Waals surface area (Å²) < 4.78 is 3.68. The summed E-state index contributed by atoms with van der Waals surface area (Å²) >= 11 is 0. The maximum absolute atomic E-state index is 13.4. The Morgan fingerprint density at radius 2 is 1.62 bits per heavy atom. The summed E-state index contributed by atoms with van der Waals surface area (Å²) in [4.78, 5) is 18.1. The van der Waals surface area contributed by atoms with Crippen molar-refractivity contribution >= 4 is 28.0 Å². The van der Waals surface area contributed by atoms with Crippen LogP contribution in [-0.2, 0) is 0 Å². The molecule has 32 heavy (non-hydrogen) atoms. The number of rotatable bonds is 5. The highest BCUT2D eigenvalue weighted by Gasteiger charge is 2.13. The van der Waals surface area contributed by atoms with Gasteiger partial charge in [-0.25, -0.2) is 4.98 Å². The van der Waals surface area contributed by atoms with Crippen molar-refractivity contribution in [3.05, 3.63) is 101 Å². The van der Waals surface area contributed by atoms with E-state index >= 15 is 0 Å². The van der Waals surface area contributed by atoms with Gasteiger partial charge in [0, 0.05) is 34.3 Å². The molecule has 5 aromatic rings. The summed E-state index contributed by atoms with van der Waals surface area (Å²) in [7, 11) is 0. The van der Waals surface area contributed by atoms with E-state index < -0.39 is 0 Å². The smallest absolute Gasteiger partial charge is 0.282 e. The van der Waals surface area contributed by atoms with Crippen molar-refractivity contribution < 1.29 is 0 Å². The fourth-order valence-electron chi connectivity index (χ4n) is 4.02. The van der Waals surface area contributed by atoms with Crippen LogP contribution in [0.15, 0.2) is 95.0 Å². The quantitative estimate of drug-likeness (QED) is 0.334. The van der Waals surface area contributed by atoms with Gasteiger partial charge in [0.05, 0.1) is 17.1 Å².